The Balaban J connectivity index is 1.95. The van der Waals surface area contributed by atoms with Crippen LogP contribution in [-0.4, -0.2) is 24.2 Å². The summed E-state index contributed by atoms with van der Waals surface area (Å²) in [6.45, 7) is -0.0840. The second-order valence-corrected chi connectivity index (χ2v) is 4.34. The molecule has 0 heterocycles. The monoisotopic (exact) mass is 177 g/mol. The Morgan fingerprint density at radius 1 is 1.25 bits per heavy atom. The minimum Gasteiger partial charge on any atom is -0.395 e. The molecule has 4 heteroatoms. The van der Waals surface area contributed by atoms with E-state index in [1.807, 2.05) is 0 Å². The van der Waals surface area contributed by atoms with E-state index in [1.165, 1.54) is 0 Å². The van der Waals surface area contributed by atoms with Crippen LogP contribution in [0, 0.1) is 10.8 Å². The van der Waals surface area contributed by atoms with Crippen molar-refractivity contribution in [2.24, 2.45) is 16.6 Å². The minimum atomic E-state index is -2.20. The van der Waals surface area contributed by atoms with Gasteiger partial charge in [0.15, 0.2) is 0 Å². The van der Waals surface area contributed by atoms with Crippen LogP contribution >= 0.6 is 0 Å². The lowest BCUT2D eigenvalue weighted by Crippen LogP contribution is -2.71. The van der Waals surface area contributed by atoms with Gasteiger partial charge in [0, 0.05) is 11.5 Å². The van der Waals surface area contributed by atoms with E-state index in [0.717, 1.165) is 0 Å². The van der Waals surface area contributed by atoms with Crippen LogP contribution in [0.1, 0.15) is 19.3 Å². The molecule has 2 bridgehead atoms. The molecule has 70 valence electrons. The maximum atomic E-state index is 12.3. The Morgan fingerprint density at radius 2 is 1.75 bits per heavy atom. The van der Waals surface area contributed by atoms with Gasteiger partial charge in [-0.05, 0) is 24.7 Å². The van der Waals surface area contributed by atoms with Gasteiger partial charge in [-0.25, -0.2) is 8.78 Å². The first-order valence-electron chi connectivity index (χ1n) is 4.19. The highest BCUT2D eigenvalue weighted by Crippen LogP contribution is 2.76. The van der Waals surface area contributed by atoms with Crippen LogP contribution in [0.3, 0.4) is 0 Å². The van der Waals surface area contributed by atoms with Crippen LogP contribution in [0.5, 0.6) is 0 Å². The molecule has 3 fully saturated rings. The number of hydrogen-bond acceptors (Lipinski definition) is 2. The predicted molar refractivity (Wildman–Crippen MR) is 39.8 cm³/mol. The van der Waals surface area contributed by atoms with E-state index in [-0.39, 0.29) is 18.1 Å². The zero-order valence-corrected chi connectivity index (χ0v) is 6.76. The summed E-state index contributed by atoms with van der Waals surface area (Å²) in [5.41, 5.74) is 4.77. The molecule has 0 aromatic rings. The highest BCUT2D eigenvalue weighted by atomic mass is 19.3. The van der Waals surface area contributed by atoms with Gasteiger partial charge in [-0.2, -0.15) is 0 Å². The predicted octanol–water partition coefficient (Wildman–Crippen LogP) is 0.741. The third kappa shape index (κ3) is 0.746. The lowest BCUT2D eigenvalue weighted by molar-refractivity contribution is -0.277. The summed E-state index contributed by atoms with van der Waals surface area (Å²) in [5, 5.41) is 8.77. The summed E-state index contributed by atoms with van der Waals surface area (Å²) >= 11 is 0. The molecule has 1 unspecified atom stereocenters. The highest BCUT2D eigenvalue weighted by Gasteiger charge is 2.73. The van der Waals surface area contributed by atoms with Crippen molar-refractivity contribution in [3.8, 4) is 0 Å². The van der Waals surface area contributed by atoms with Gasteiger partial charge in [-0.1, -0.05) is 0 Å². The molecule has 3 rings (SSSR count). The smallest absolute Gasteiger partial charge is 0.244 e. The van der Waals surface area contributed by atoms with Crippen LogP contribution in [0.4, 0.5) is 8.78 Å². The third-order valence-electron chi connectivity index (χ3n) is 3.56. The number of aliphatic hydroxyl groups excluding tert-OH is 1. The fraction of sp³-hybridized carbons (Fsp3) is 1.00. The van der Waals surface area contributed by atoms with Crippen molar-refractivity contribution >= 4 is 0 Å². The van der Waals surface area contributed by atoms with Crippen molar-refractivity contribution in [3.63, 3.8) is 0 Å². The van der Waals surface area contributed by atoms with E-state index in [0.29, 0.717) is 19.3 Å². The summed E-state index contributed by atoms with van der Waals surface area (Å²) in [4.78, 5) is 0. The number of nitrogens with two attached hydrogens (primary N) is 1. The number of alkyl halides is 2. The molecular formula is C8H13F2NO. The molecule has 0 aliphatic heterocycles. The fourth-order valence-electron chi connectivity index (χ4n) is 2.77. The van der Waals surface area contributed by atoms with Crippen molar-refractivity contribution in [2.45, 2.75) is 31.7 Å². The SMILES string of the molecule is NC(CO)C12CC(C(F)F)(C1)C2. The number of rotatable bonds is 3. The van der Waals surface area contributed by atoms with Crippen LogP contribution < -0.4 is 5.73 Å². The standard InChI is InChI=1S/C8H13F2NO/c9-6(10)8-2-7(3-8,4-8)5(11)1-12/h5-6,12H,1-4,11H2. The molecule has 1 atom stereocenters. The van der Waals surface area contributed by atoms with Gasteiger partial charge in [0.05, 0.1) is 6.61 Å². The molecular weight excluding hydrogens is 164 g/mol. The first kappa shape index (κ1) is 8.38. The Bertz CT molecular complexity index is 187. The maximum absolute atomic E-state index is 12.3. The van der Waals surface area contributed by atoms with E-state index in [4.69, 9.17) is 10.8 Å². The molecule has 0 amide bonds. The zero-order valence-electron chi connectivity index (χ0n) is 6.76. The van der Waals surface area contributed by atoms with E-state index in [9.17, 15) is 8.78 Å². The van der Waals surface area contributed by atoms with Crippen LogP contribution in [-0.2, 0) is 0 Å². The molecule has 3 saturated carbocycles. The fourth-order valence-corrected chi connectivity index (χ4v) is 2.77. The van der Waals surface area contributed by atoms with Crippen molar-refractivity contribution in [1.29, 1.82) is 0 Å². The maximum Gasteiger partial charge on any atom is 0.244 e. The van der Waals surface area contributed by atoms with Crippen LogP contribution in [0.2, 0.25) is 0 Å². The lowest BCUT2D eigenvalue weighted by Gasteiger charge is -2.72. The first-order chi connectivity index (χ1) is 5.55. The molecule has 0 saturated heterocycles. The summed E-state index contributed by atoms with van der Waals surface area (Å²) < 4.78 is 24.7. The van der Waals surface area contributed by atoms with Gasteiger partial charge < -0.3 is 10.8 Å². The van der Waals surface area contributed by atoms with Crippen LogP contribution in [0.25, 0.3) is 0 Å². The molecule has 3 N–H and O–H groups in total. The van der Waals surface area contributed by atoms with Crippen molar-refractivity contribution in [1.82, 2.24) is 0 Å². The topological polar surface area (TPSA) is 46.2 Å². The Labute approximate surface area is 69.7 Å². The Kier molecular flexibility index (Phi) is 1.52. The van der Waals surface area contributed by atoms with Gasteiger partial charge >= 0.3 is 0 Å². The largest absolute Gasteiger partial charge is 0.395 e. The van der Waals surface area contributed by atoms with Gasteiger partial charge in [-0.15, -0.1) is 0 Å². The van der Waals surface area contributed by atoms with Crippen molar-refractivity contribution < 1.29 is 13.9 Å². The third-order valence-corrected chi connectivity index (χ3v) is 3.56. The van der Waals surface area contributed by atoms with Gasteiger partial charge in [0.25, 0.3) is 0 Å². The van der Waals surface area contributed by atoms with Crippen molar-refractivity contribution in [2.75, 3.05) is 6.61 Å². The van der Waals surface area contributed by atoms with E-state index in [2.05, 4.69) is 0 Å². The van der Waals surface area contributed by atoms with Crippen LogP contribution in [0.15, 0.2) is 0 Å². The molecule has 0 aromatic carbocycles. The molecule has 0 radical (unpaired) electrons. The Hall–Kier alpha value is -0.220. The average Bonchev–Trinajstić information content (AvgIpc) is 1.80. The lowest BCUT2D eigenvalue weighted by atomic mass is 9.33. The second kappa shape index (κ2) is 2.17. The zero-order chi connectivity index (χ0) is 8.98. The number of halogens is 2. The molecule has 0 aromatic heterocycles. The quantitative estimate of drug-likeness (QED) is 0.668. The normalized spacial score (nSPS) is 46.8. The molecule has 3 aliphatic carbocycles. The van der Waals surface area contributed by atoms with Crippen molar-refractivity contribution in [3.05, 3.63) is 0 Å². The molecule has 12 heavy (non-hydrogen) atoms. The molecule has 0 spiro atoms. The van der Waals surface area contributed by atoms with Gasteiger partial charge in [-0.3, -0.25) is 0 Å². The summed E-state index contributed by atoms with van der Waals surface area (Å²) in [7, 11) is 0. The molecule has 2 nitrogen and oxygen atoms in total. The van der Waals surface area contributed by atoms with Gasteiger partial charge in [0.2, 0.25) is 6.43 Å². The Morgan fingerprint density at radius 3 is 2.08 bits per heavy atom. The number of aliphatic hydroxyl groups is 1. The summed E-state index contributed by atoms with van der Waals surface area (Å²) in [5.74, 6) is 0. The second-order valence-electron chi connectivity index (χ2n) is 4.34. The summed E-state index contributed by atoms with van der Waals surface area (Å²) in [6, 6.07) is -0.293. The highest BCUT2D eigenvalue weighted by molar-refractivity contribution is 5.21. The number of hydrogen-bond donors (Lipinski definition) is 2. The average molecular weight is 177 g/mol. The molecule has 3 aliphatic rings. The van der Waals surface area contributed by atoms with Gasteiger partial charge in [0.1, 0.15) is 0 Å². The van der Waals surface area contributed by atoms with E-state index in [1.54, 1.807) is 0 Å². The van der Waals surface area contributed by atoms with E-state index < -0.39 is 11.8 Å². The first-order valence-corrected chi connectivity index (χ1v) is 4.19. The minimum absolute atomic E-state index is 0.0840. The van der Waals surface area contributed by atoms with E-state index >= 15 is 0 Å². The summed E-state index contributed by atoms with van der Waals surface area (Å²) in [6.07, 6.45) is -0.664.